The number of hydrogen-bond donors (Lipinski definition) is 2. The van der Waals surface area contributed by atoms with Gasteiger partial charge in [0.15, 0.2) is 18.1 Å². The Bertz CT molecular complexity index is 1490. The zero-order valence-electron chi connectivity index (χ0n) is 24.0. The number of nitrogens with zero attached hydrogens (tertiary/aromatic N) is 4. The van der Waals surface area contributed by atoms with E-state index in [9.17, 15) is 10.4 Å². The number of ether oxygens (including phenoxy) is 3. The van der Waals surface area contributed by atoms with Gasteiger partial charge in [-0.05, 0) is 63.4 Å². The molecule has 0 amide bonds. The highest BCUT2D eigenvalue weighted by molar-refractivity contribution is 6.30. The molecule has 0 radical (unpaired) electrons. The van der Waals surface area contributed by atoms with Crippen LogP contribution in [0.2, 0.25) is 5.02 Å². The van der Waals surface area contributed by atoms with E-state index in [4.69, 9.17) is 30.8 Å². The van der Waals surface area contributed by atoms with Crippen LogP contribution >= 0.6 is 11.6 Å². The van der Waals surface area contributed by atoms with Crippen LogP contribution < -0.4 is 10.2 Å². The Balaban J connectivity index is 1.48. The smallest absolute Gasteiger partial charge is 0.253 e. The highest BCUT2D eigenvalue weighted by atomic mass is 35.5. The first-order chi connectivity index (χ1) is 20.1. The number of nitrogens with one attached hydrogen (secondary N) is 1. The second kappa shape index (κ2) is 12.6. The molecule has 0 saturated carbocycles. The first-order valence-corrected chi connectivity index (χ1v) is 14.3. The van der Waals surface area contributed by atoms with Gasteiger partial charge in [0.1, 0.15) is 12.7 Å². The van der Waals surface area contributed by atoms with Gasteiger partial charge < -0.3 is 19.3 Å². The lowest BCUT2D eigenvalue weighted by Crippen LogP contribution is -2.46. The molecule has 3 heterocycles. The van der Waals surface area contributed by atoms with Gasteiger partial charge in [0.25, 0.3) is 5.69 Å². The Hall–Kier alpha value is -3.81. The molecule has 2 N–H and O–H groups in total. The standard InChI is InChI=1S/C32H35ClN5O4/c1-31(2,3)42-30(39)26-13-15-32(16-17-34,21-41-26)20-38-25-14-18-35-29(40-19-22-7-5-4-6-8-22)27(25)28(37-38)36-24-11-9-23(33)10-12-24/h4-12,14,18,20,26,30,39H,13,15-16,19,21H2,1-3H3,(H,36,37)/q+1. The van der Waals surface area contributed by atoms with E-state index in [0.29, 0.717) is 47.4 Å². The predicted octanol–water partition coefficient (Wildman–Crippen LogP) is 5.84. The summed E-state index contributed by atoms with van der Waals surface area (Å²) in [5.41, 5.74) is 5.49. The fraction of sp³-hybridized carbons (Fsp3) is 0.375. The molecule has 3 atom stereocenters. The quantitative estimate of drug-likeness (QED) is 0.251. The number of fused-ring (bicyclic) bond motifs is 1. The summed E-state index contributed by atoms with van der Waals surface area (Å²) in [6.45, 7) is 6.25. The Morgan fingerprint density at radius 1 is 1.24 bits per heavy atom. The molecule has 10 heteroatoms. The molecule has 42 heavy (non-hydrogen) atoms. The largest absolute Gasteiger partial charge is 0.472 e. The minimum Gasteiger partial charge on any atom is -0.472 e. The van der Waals surface area contributed by atoms with E-state index in [0.717, 1.165) is 11.3 Å². The number of aliphatic hydroxyl groups is 1. The summed E-state index contributed by atoms with van der Waals surface area (Å²) >= 11 is 6.10. The number of pyridine rings is 1. The van der Waals surface area contributed by atoms with Crippen LogP contribution in [0.5, 0.6) is 5.88 Å². The third kappa shape index (κ3) is 7.15. The molecule has 9 nitrogen and oxygen atoms in total. The molecule has 0 aliphatic carbocycles. The first kappa shape index (κ1) is 29.7. The number of halogens is 1. The zero-order valence-corrected chi connectivity index (χ0v) is 24.7. The Labute approximate surface area is 251 Å². The fourth-order valence-electron chi connectivity index (χ4n) is 4.99. The van der Waals surface area contributed by atoms with Crippen molar-refractivity contribution in [2.45, 2.75) is 64.6 Å². The number of aliphatic hydroxyl groups excluding tert-OH is 1. The lowest BCUT2D eigenvalue weighted by Gasteiger charge is -2.37. The normalized spacial score (nSPS) is 22.8. The molecule has 2 aromatic carbocycles. The van der Waals surface area contributed by atoms with Gasteiger partial charge in [-0.15, -0.1) is 5.43 Å². The lowest BCUT2D eigenvalue weighted by molar-refractivity contribution is -0.480. The molecule has 3 aromatic rings. The number of benzene rings is 2. The summed E-state index contributed by atoms with van der Waals surface area (Å²) in [6.07, 6.45) is 3.52. The van der Waals surface area contributed by atoms with E-state index in [-0.39, 0.29) is 13.0 Å². The van der Waals surface area contributed by atoms with E-state index >= 15 is 0 Å². The zero-order chi connectivity index (χ0) is 29.7. The number of rotatable bonds is 8. The number of hydrazine groups is 1. The molecule has 3 unspecified atom stereocenters. The van der Waals surface area contributed by atoms with Gasteiger partial charge in [-0.2, -0.15) is 5.26 Å². The molecule has 5 rings (SSSR count). The van der Waals surface area contributed by atoms with Crippen molar-refractivity contribution >= 4 is 35.0 Å². The predicted molar refractivity (Wildman–Crippen MR) is 160 cm³/mol. The van der Waals surface area contributed by atoms with E-state index in [1.54, 1.807) is 18.3 Å². The van der Waals surface area contributed by atoms with Gasteiger partial charge in [0.2, 0.25) is 11.7 Å². The minimum absolute atomic E-state index is 0.232. The van der Waals surface area contributed by atoms with Crippen LogP contribution in [0.1, 0.15) is 51.2 Å². The molecule has 2 aliphatic heterocycles. The fourth-order valence-corrected chi connectivity index (χ4v) is 5.11. The number of nitriles is 1. The van der Waals surface area contributed by atoms with Crippen LogP contribution in [0.25, 0.3) is 0 Å². The number of hydrazone groups is 1. The average molecular weight is 589 g/mol. The summed E-state index contributed by atoms with van der Waals surface area (Å²) in [7, 11) is 0. The third-order valence-corrected chi connectivity index (χ3v) is 7.29. The summed E-state index contributed by atoms with van der Waals surface area (Å²) in [4.78, 5) is 9.40. The number of amidine groups is 1. The van der Waals surface area contributed by atoms with E-state index in [1.807, 2.05) is 80.2 Å². The van der Waals surface area contributed by atoms with Crippen molar-refractivity contribution in [3.63, 3.8) is 0 Å². The van der Waals surface area contributed by atoms with E-state index in [2.05, 4.69) is 16.5 Å². The Kier molecular flexibility index (Phi) is 8.90. The highest BCUT2D eigenvalue weighted by Gasteiger charge is 2.44. The van der Waals surface area contributed by atoms with Gasteiger partial charge in [-0.3, -0.25) is 0 Å². The second-order valence-corrected chi connectivity index (χ2v) is 12.0. The summed E-state index contributed by atoms with van der Waals surface area (Å²) in [6, 6.07) is 21.3. The van der Waals surface area contributed by atoms with Crippen molar-refractivity contribution < 1.29 is 24.0 Å². The average Bonchev–Trinajstić information content (AvgIpc) is 3.30. The van der Waals surface area contributed by atoms with Crippen molar-refractivity contribution in [1.82, 2.24) is 10.4 Å². The van der Waals surface area contributed by atoms with Crippen LogP contribution in [-0.4, -0.2) is 51.4 Å². The number of aromatic nitrogens is 1. The van der Waals surface area contributed by atoms with Crippen LogP contribution in [0.3, 0.4) is 0 Å². The van der Waals surface area contributed by atoms with Gasteiger partial charge in [0, 0.05) is 17.3 Å². The van der Waals surface area contributed by atoms with Crippen LogP contribution in [0.15, 0.2) is 71.9 Å². The van der Waals surface area contributed by atoms with Crippen LogP contribution in [0.4, 0.5) is 11.4 Å². The molecule has 218 valence electrons. The van der Waals surface area contributed by atoms with Crippen LogP contribution in [0, 0.1) is 16.7 Å². The van der Waals surface area contributed by atoms with Crippen molar-refractivity contribution in [1.29, 1.82) is 5.26 Å². The van der Waals surface area contributed by atoms with E-state index < -0.39 is 23.4 Å². The topological polar surface area (TPSA) is 112 Å². The summed E-state index contributed by atoms with van der Waals surface area (Å²) in [5, 5.41) is 21.0. The highest BCUT2D eigenvalue weighted by Crippen LogP contribution is 2.37. The van der Waals surface area contributed by atoms with Gasteiger partial charge in [-0.25, -0.2) is 9.98 Å². The molecular weight excluding hydrogens is 554 g/mol. The van der Waals surface area contributed by atoms with Crippen molar-refractivity contribution in [3.05, 3.63) is 83.0 Å². The number of hydrogen-bond acceptors (Lipinski definition) is 7. The Morgan fingerprint density at radius 2 is 2.00 bits per heavy atom. The molecule has 0 bridgehead atoms. The summed E-state index contributed by atoms with van der Waals surface area (Å²) in [5.74, 6) is 0.986. The molecule has 1 saturated heterocycles. The SMILES string of the molecule is CC(C)(C)OC(O)C1CCC(C=[N+]2NC(=Nc3ccc(Cl)cc3)c3c2ccnc3OCc2ccccc2)(CC#N)CO1. The van der Waals surface area contributed by atoms with Crippen molar-refractivity contribution in [2.24, 2.45) is 10.4 Å². The number of aliphatic imine (C=N–C) groups is 1. The third-order valence-electron chi connectivity index (χ3n) is 7.04. The van der Waals surface area contributed by atoms with Gasteiger partial charge in [-0.1, -0.05) is 46.6 Å². The monoisotopic (exact) mass is 588 g/mol. The van der Waals surface area contributed by atoms with Gasteiger partial charge in [0.05, 0.1) is 35.8 Å². The maximum absolute atomic E-state index is 10.6. The summed E-state index contributed by atoms with van der Waals surface area (Å²) < 4.78 is 19.9. The lowest BCUT2D eigenvalue weighted by atomic mass is 9.79. The maximum atomic E-state index is 10.6. The van der Waals surface area contributed by atoms with Crippen LogP contribution in [-0.2, 0) is 16.1 Å². The minimum atomic E-state index is -1.05. The molecular formula is C32H35ClN5O4+. The first-order valence-electron chi connectivity index (χ1n) is 13.9. The second-order valence-electron chi connectivity index (χ2n) is 11.5. The van der Waals surface area contributed by atoms with E-state index in [1.165, 1.54) is 0 Å². The molecule has 0 spiro atoms. The molecule has 1 fully saturated rings. The molecule has 2 aliphatic rings. The molecule has 1 aromatic heterocycles. The van der Waals surface area contributed by atoms with Crippen molar-refractivity contribution in [2.75, 3.05) is 6.61 Å². The van der Waals surface area contributed by atoms with Crippen molar-refractivity contribution in [3.8, 4) is 11.9 Å². The Morgan fingerprint density at radius 3 is 2.67 bits per heavy atom. The van der Waals surface area contributed by atoms with Gasteiger partial charge >= 0.3 is 0 Å². The maximum Gasteiger partial charge on any atom is 0.253 e.